The summed E-state index contributed by atoms with van der Waals surface area (Å²) in [5, 5.41) is 6.41. The van der Waals surface area contributed by atoms with E-state index >= 15 is 0 Å². The normalized spacial score (nSPS) is 17.3. The highest BCUT2D eigenvalue weighted by Crippen LogP contribution is 2.20. The van der Waals surface area contributed by atoms with Crippen molar-refractivity contribution in [2.75, 3.05) is 31.1 Å². The maximum Gasteiger partial charge on any atom is 0.328 e. The summed E-state index contributed by atoms with van der Waals surface area (Å²) in [7, 11) is 0. The maximum atomic E-state index is 13.9. The highest BCUT2D eigenvalue weighted by molar-refractivity contribution is 14.0. The molecule has 1 fully saturated rings. The minimum absolute atomic E-state index is 0. The second-order valence-corrected chi connectivity index (χ2v) is 7.17. The third-order valence-electron chi connectivity index (χ3n) is 3.70. The van der Waals surface area contributed by atoms with Crippen LogP contribution in [0.2, 0.25) is 0 Å². The highest BCUT2D eigenvalue weighted by atomic mass is 127. The van der Waals surface area contributed by atoms with E-state index in [1.54, 1.807) is 12.3 Å². The van der Waals surface area contributed by atoms with E-state index in [9.17, 15) is 9.18 Å². The Balaban J connectivity index is 0.00000364. The van der Waals surface area contributed by atoms with Crippen LogP contribution in [0.1, 0.15) is 34.1 Å². The predicted molar refractivity (Wildman–Crippen MR) is 115 cm³/mol. The number of nitrogens with zero attached hydrogens (tertiary/aromatic N) is 3. The van der Waals surface area contributed by atoms with Crippen molar-refractivity contribution in [3.63, 3.8) is 0 Å². The number of carbonyl (C=O) groups excluding carboxylic acids is 1. The average molecular weight is 493 g/mol. The van der Waals surface area contributed by atoms with Gasteiger partial charge in [-0.15, -0.1) is 24.0 Å². The molecule has 1 atom stereocenters. The van der Waals surface area contributed by atoms with E-state index in [2.05, 4.69) is 20.6 Å². The van der Waals surface area contributed by atoms with Crippen LogP contribution in [0, 0.1) is 5.82 Å². The van der Waals surface area contributed by atoms with Crippen LogP contribution in [0.3, 0.4) is 0 Å². The Morgan fingerprint density at radius 2 is 2.22 bits per heavy atom. The largest absolute Gasteiger partial charge is 0.459 e. The Morgan fingerprint density at radius 1 is 1.48 bits per heavy atom. The molecule has 0 spiro atoms. The molecular weight excluding hydrogens is 464 g/mol. The Bertz CT molecular complexity index is 651. The van der Waals surface area contributed by atoms with Gasteiger partial charge in [0.15, 0.2) is 17.6 Å². The quantitative estimate of drug-likeness (QED) is 0.284. The molecule has 7 nitrogen and oxygen atoms in total. The molecule has 0 aromatic carbocycles. The van der Waals surface area contributed by atoms with E-state index in [4.69, 9.17) is 4.74 Å². The Kier molecular flexibility index (Phi) is 9.20. The van der Waals surface area contributed by atoms with E-state index in [1.807, 2.05) is 32.6 Å². The van der Waals surface area contributed by atoms with Gasteiger partial charge in [-0.05, 0) is 46.2 Å². The maximum absolute atomic E-state index is 13.9. The lowest BCUT2D eigenvalue weighted by molar-refractivity contribution is -0.152. The summed E-state index contributed by atoms with van der Waals surface area (Å²) in [6.07, 6.45) is 2.42. The fourth-order valence-electron chi connectivity index (χ4n) is 2.71. The summed E-state index contributed by atoms with van der Waals surface area (Å²) in [6.45, 7) is 9.35. The second-order valence-electron chi connectivity index (χ2n) is 7.17. The molecule has 9 heteroatoms. The van der Waals surface area contributed by atoms with Gasteiger partial charge in [0.25, 0.3) is 0 Å². The molecule has 1 unspecified atom stereocenters. The number of esters is 1. The van der Waals surface area contributed by atoms with Crippen molar-refractivity contribution in [3.05, 3.63) is 24.1 Å². The SMILES string of the molecule is CCNC(=NCC(=O)OC(C)(C)C)NC1CCN(c2ncccc2F)C1.I. The Labute approximate surface area is 177 Å². The highest BCUT2D eigenvalue weighted by Gasteiger charge is 2.26. The zero-order valence-corrected chi connectivity index (χ0v) is 18.6. The summed E-state index contributed by atoms with van der Waals surface area (Å²) in [6, 6.07) is 3.08. The molecule has 1 aromatic heterocycles. The van der Waals surface area contributed by atoms with Crippen LogP contribution in [-0.2, 0) is 9.53 Å². The van der Waals surface area contributed by atoms with Crippen molar-refractivity contribution in [1.29, 1.82) is 0 Å². The molecule has 1 aliphatic rings. The molecule has 152 valence electrons. The molecule has 2 N–H and O–H groups in total. The molecular formula is C18H29FIN5O2. The molecule has 0 amide bonds. The summed E-state index contributed by atoms with van der Waals surface area (Å²) >= 11 is 0. The fraction of sp³-hybridized carbons (Fsp3) is 0.611. The number of hydrogen-bond donors (Lipinski definition) is 2. The van der Waals surface area contributed by atoms with Crippen molar-refractivity contribution in [1.82, 2.24) is 15.6 Å². The summed E-state index contributed by atoms with van der Waals surface area (Å²) < 4.78 is 19.1. The van der Waals surface area contributed by atoms with Crippen molar-refractivity contribution in [2.45, 2.75) is 45.8 Å². The van der Waals surface area contributed by atoms with E-state index in [0.29, 0.717) is 31.4 Å². The Hall–Kier alpha value is -1.65. The molecule has 0 aliphatic carbocycles. The van der Waals surface area contributed by atoms with Gasteiger partial charge in [-0.25, -0.2) is 14.4 Å². The number of hydrogen-bond acceptors (Lipinski definition) is 5. The third kappa shape index (κ3) is 7.86. The van der Waals surface area contributed by atoms with Gasteiger partial charge in [0.1, 0.15) is 12.1 Å². The van der Waals surface area contributed by atoms with Crippen molar-refractivity contribution >= 4 is 41.7 Å². The third-order valence-corrected chi connectivity index (χ3v) is 3.70. The van der Waals surface area contributed by atoms with Crippen molar-refractivity contribution < 1.29 is 13.9 Å². The minimum atomic E-state index is -0.531. The van der Waals surface area contributed by atoms with Crippen LogP contribution in [0.5, 0.6) is 0 Å². The molecule has 0 bridgehead atoms. The number of anilines is 1. The van der Waals surface area contributed by atoms with Gasteiger partial charge in [-0.1, -0.05) is 0 Å². The number of guanidine groups is 1. The zero-order chi connectivity index (χ0) is 19.2. The molecule has 0 saturated carbocycles. The molecule has 2 heterocycles. The number of halogens is 2. The number of rotatable bonds is 5. The van der Waals surface area contributed by atoms with Crippen molar-refractivity contribution in [3.8, 4) is 0 Å². The summed E-state index contributed by atoms with van der Waals surface area (Å²) in [4.78, 5) is 22.2. The number of aromatic nitrogens is 1. The van der Waals surface area contributed by atoms with Crippen LogP contribution >= 0.6 is 24.0 Å². The van der Waals surface area contributed by atoms with Gasteiger partial charge >= 0.3 is 5.97 Å². The van der Waals surface area contributed by atoms with E-state index in [-0.39, 0.29) is 48.3 Å². The van der Waals surface area contributed by atoms with E-state index < -0.39 is 5.60 Å². The van der Waals surface area contributed by atoms with Gasteiger partial charge in [0, 0.05) is 31.9 Å². The number of carbonyl (C=O) groups is 1. The average Bonchev–Trinajstić information content (AvgIpc) is 3.00. The van der Waals surface area contributed by atoms with Gasteiger partial charge in [-0.3, -0.25) is 4.79 Å². The van der Waals surface area contributed by atoms with E-state index in [0.717, 1.165) is 6.42 Å². The van der Waals surface area contributed by atoms with Crippen LogP contribution in [0.4, 0.5) is 10.2 Å². The minimum Gasteiger partial charge on any atom is -0.459 e. The number of pyridine rings is 1. The molecule has 27 heavy (non-hydrogen) atoms. The van der Waals surface area contributed by atoms with Crippen LogP contribution in [-0.4, -0.2) is 54.7 Å². The van der Waals surface area contributed by atoms with Gasteiger partial charge in [0.05, 0.1) is 0 Å². The first-order valence-corrected chi connectivity index (χ1v) is 8.90. The monoisotopic (exact) mass is 493 g/mol. The lowest BCUT2D eigenvalue weighted by Crippen LogP contribution is -2.45. The van der Waals surface area contributed by atoms with E-state index in [1.165, 1.54) is 6.07 Å². The molecule has 1 aliphatic heterocycles. The van der Waals surface area contributed by atoms with Gasteiger partial charge < -0.3 is 20.3 Å². The molecule has 0 radical (unpaired) electrons. The lowest BCUT2D eigenvalue weighted by atomic mass is 10.2. The molecule has 1 saturated heterocycles. The standard InChI is InChI=1S/C18H28FN5O2.HI/c1-5-20-17(22-11-15(25)26-18(2,3)4)23-13-8-10-24(12-13)16-14(19)7-6-9-21-16;/h6-7,9,13H,5,8,10-12H2,1-4H3,(H2,20,22,23);1H. The number of nitrogens with one attached hydrogen (secondary N) is 2. The number of ether oxygens (including phenoxy) is 1. The predicted octanol–water partition coefficient (Wildman–Crippen LogP) is 2.31. The first-order valence-electron chi connectivity index (χ1n) is 8.90. The van der Waals surface area contributed by atoms with Gasteiger partial charge in [0.2, 0.25) is 0 Å². The second kappa shape index (κ2) is 10.6. The smallest absolute Gasteiger partial charge is 0.328 e. The Morgan fingerprint density at radius 3 is 2.85 bits per heavy atom. The summed E-state index contributed by atoms with van der Waals surface area (Å²) in [5.74, 6) is 0.219. The van der Waals surface area contributed by atoms with Gasteiger partial charge in [-0.2, -0.15) is 0 Å². The van der Waals surface area contributed by atoms with Crippen molar-refractivity contribution in [2.24, 2.45) is 4.99 Å². The number of aliphatic imine (C=N–C) groups is 1. The lowest BCUT2D eigenvalue weighted by Gasteiger charge is -2.20. The van der Waals surface area contributed by atoms with Crippen LogP contribution in [0.15, 0.2) is 23.3 Å². The van der Waals surface area contributed by atoms with Crippen LogP contribution in [0.25, 0.3) is 0 Å². The fourth-order valence-corrected chi connectivity index (χ4v) is 2.71. The molecule has 2 rings (SSSR count). The summed E-state index contributed by atoms with van der Waals surface area (Å²) in [5.41, 5.74) is -0.531. The first kappa shape index (κ1) is 23.4. The first-order chi connectivity index (χ1) is 12.3. The zero-order valence-electron chi connectivity index (χ0n) is 16.3. The topological polar surface area (TPSA) is 78.8 Å². The molecule has 1 aromatic rings. The van der Waals surface area contributed by atoms with Crippen LogP contribution < -0.4 is 15.5 Å².